The lowest BCUT2D eigenvalue weighted by molar-refractivity contribution is 0.128. The van der Waals surface area contributed by atoms with Crippen molar-refractivity contribution in [3.05, 3.63) is 11.6 Å². The molecule has 12 heavy (non-hydrogen) atoms. The summed E-state index contributed by atoms with van der Waals surface area (Å²) in [5.41, 5.74) is 1.58. The first kappa shape index (κ1) is 10.1. The Kier molecular flexibility index (Phi) is 4.70. The highest BCUT2D eigenvalue weighted by atomic mass is 35.5. The van der Waals surface area contributed by atoms with Crippen molar-refractivity contribution in [1.29, 1.82) is 0 Å². The third kappa shape index (κ3) is 3.59. The highest BCUT2D eigenvalue weighted by Gasteiger charge is 2.14. The molecule has 0 aromatic heterocycles. The highest BCUT2D eigenvalue weighted by Crippen LogP contribution is 2.23. The molecule has 1 fully saturated rings. The average Bonchev–Trinajstić information content (AvgIpc) is 2.00. The zero-order valence-corrected chi connectivity index (χ0v) is 8.13. The molecule has 0 amide bonds. The Bertz CT molecular complexity index is 145. The van der Waals surface area contributed by atoms with Crippen LogP contribution in [0.25, 0.3) is 0 Å². The quantitative estimate of drug-likeness (QED) is 0.671. The molecule has 2 heteroatoms. The molecular weight excluding hydrogens is 172 g/mol. The lowest BCUT2D eigenvalue weighted by Gasteiger charge is -2.20. The summed E-state index contributed by atoms with van der Waals surface area (Å²) in [7, 11) is 0. The van der Waals surface area contributed by atoms with Crippen molar-refractivity contribution in [2.45, 2.75) is 44.6 Å². The summed E-state index contributed by atoms with van der Waals surface area (Å²) < 4.78 is 0. The van der Waals surface area contributed by atoms with E-state index in [4.69, 9.17) is 11.6 Å². The third-order valence-electron chi connectivity index (χ3n) is 2.53. The topological polar surface area (TPSA) is 20.2 Å². The second-order valence-corrected chi connectivity index (χ2v) is 3.86. The lowest BCUT2D eigenvalue weighted by atomic mass is 9.90. The molecule has 0 radical (unpaired) electrons. The minimum absolute atomic E-state index is 0.108. The second-order valence-electron chi connectivity index (χ2n) is 3.61. The van der Waals surface area contributed by atoms with Crippen LogP contribution in [0.1, 0.15) is 38.5 Å². The van der Waals surface area contributed by atoms with Crippen LogP contribution in [-0.4, -0.2) is 11.2 Å². The smallest absolute Gasteiger partial charge is 0.0545 e. The van der Waals surface area contributed by atoms with Gasteiger partial charge in [0.1, 0.15) is 0 Å². The van der Waals surface area contributed by atoms with Crippen LogP contribution in [0.4, 0.5) is 0 Å². The molecule has 1 aliphatic rings. The number of aliphatic hydroxyl groups is 1. The van der Waals surface area contributed by atoms with Crippen LogP contribution in [0.15, 0.2) is 11.6 Å². The van der Waals surface area contributed by atoms with Gasteiger partial charge in [-0.3, -0.25) is 0 Å². The van der Waals surface area contributed by atoms with Gasteiger partial charge in [-0.2, -0.15) is 0 Å². The Labute approximate surface area is 79.4 Å². The van der Waals surface area contributed by atoms with Crippen LogP contribution in [0.3, 0.4) is 0 Å². The minimum atomic E-state index is -0.108. The third-order valence-corrected chi connectivity index (χ3v) is 2.68. The molecule has 0 aromatic rings. The maximum Gasteiger partial charge on any atom is 0.0545 e. The highest BCUT2D eigenvalue weighted by molar-refractivity contribution is 6.25. The van der Waals surface area contributed by atoms with Crippen LogP contribution in [0.5, 0.6) is 0 Å². The fraction of sp³-hybridized carbons (Fsp3) is 0.800. The van der Waals surface area contributed by atoms with Gasteiger partial charge in [-0.15, -0.1) is 0 Å². The zero-order valence-electron chi connectivity index (χ0n) is 7.38. The second kappa shape index (κ2) is 5.60. The monoisotopic (exact) mass is 188 g/mol. The Balaban J connectivity index is 2.38. The first-order valence-corrected chi connectivity index (χ1v) is 5.21. The van der Waals surface area contributed by atoms with Crippen LogP contribution in [0.2, 0.25) is 0 Å². The van der Waals surface area contributed by atoms with E-state index in [2.05, 4.69) is 0 Å². The van der Waals surface area contributed by atoms with Gasteiger partial charge in [0.15, 0.2) is 0 Å². The molecule has 0 bridgehead atoms. The molecule has 2 unspecified atom stereocenters. The maximum atomic E-state index is 9.53. The SMILES string of the molecule is OC1CCCCCC(/C=C\Cl)C1. The number of halogens is 1. The van der Waals surface area contributed by atoms with Gasteiger partial charge in [-0.05, 0) is 25.2 Å². The van der Waals surface area contributed by atoms with Crippen molar-refractivity contribution >= 4 is 11.6 Å². The molecule has 1 nitrogen and oxygen atoms in total. The van der Waals surface area contributed by atoms with Gasteiger partial charge >= 0.3 is 0 Å². The van der Waals surface area contributed by atoms with Crippen LogP contribution in [0, 0.1) is 5.92 Å². The van der Waals surface area contributed by atoms with Crippen molar-refractivity contribution in [3.63, 3.8) is 0 Å². The molecule has 0 heterocycles. The fourth-order valence-electron chi connectivity index (χ4n) is 1.83. The number of rotatable bonds is 1. The van der Waals surface area contributed by atoms with Gasteiger partial charge < -0.3 is 5.11 Å². The van der Waals surface area contributed by atoms with Crippen LogP contribution in [-0.2, 0) is 0 Å². The average molecular weight is 189 g/mol. The number of hydrogen-bond acceptors (Lipinski definition) is 1. The van der Waals surface area contributed by atoms with E-state index in [-0.39, 0.29) is 6.10 Å². The molecule has 70 valence electrons. The molecule has 1 aliphatic carbocycles. The standard InChI is InChI=1S/C10H17ClO/c11-7-6-9-4-2-1-3-5-10(12)8-9/h6-7,9-10,12H,1-5,8H2/b7-6-. The van der Waals surface area contributed by atoms with Crippen LogP contribution >= 0.6 is 11.6 Å². The van der Waals surface area contributed by atoms with Crippen molar-refractivity contribution in [1.82, 2.24) is 0 Å². The summed E-state index contributed by atoms with van der Waals surface area (Å²) in [5.74, 6) is 0.498. The van der Waals surface area contributed by atoms with E-state index in [1.54, 1.807) is 5.54 Å². The summed E-state index contributed by atoms with van der Waals surface area (Å²) in [4.78, 5) is 0. The molecule has 0 aromatic carbocycles. The summed E-state index contributed by atoms with van der Waals surface area (Å²) in [6.45, 7) is 0. The number of allylic oxidation sites excluding steroid dienone is 1. The number of hydrogen-bond donors (Lipinski definition) is 1. The van der Waals surface area contributed by atoms with Gasteiger partial charge in [0, 0.05) is 5.54 Å². The van der Waals surface area contributed by atoms with Crippen molar-refractivity contribution < 1.29 is 5.11 Å². The van der Waals surface area contributed by atoms with E-state index in [0.29, 0.717) is 5.92 Å². The van der Waals surface area contributed by atoms with Crippen molar-refractivity contribution in [2.75, 3.05) is 0 Å². The van der Waals surface area contributed by atoms with E-state index in [0.717, 1.165) is 12.8 Å². The van der Waals surface area contributed by atoms with Crippen molar-refractivity contribution in [2.24, 2.45) is 5.92 Å². The summed E-state index contributed by atoms with van der Waals surface area (Å²) in [5, 5.41) is 9.53. The van der Waals surface area contributed by atoms with E-state index in [1.165, 1.54) is 25.7 Å². The Morgan fingerprint density at radius 3 is 2.67 bits per heavy atom. The molecule has 0 saturated heterocycles. The minimum Gasteiger partial charge on any atom is -0.393 e. The molecule has 1 N–H and O–H groups in total. The normalized spacial score (nSPS) is 33.2. The van der Waals surface area contributed by atoms with E-state index >= 15 is 0 Å². The fourth-order valence-corrected chi connectivity index (χ4v) is 2.03. The van der Waals surface area contributed by atoms with Gasteiger partial charge in [-0.25, -0.2) is 0 Å². The molecule has 1 rings (SSSR count). The molecular formula is C10H17ClO. The van der Waals surface area contributed by atoms with E-state index in [9.17, 15) is 5.11 Å². The predicted octanol–water partition coefficient (Wildman–Crippen LogP) is 3.07. The summed E-state index contributed by atoms with van der Waals surface area (Å²) in [6, 6.07) is 0. The summed E-state index contributed by atoms with van der Waals surface area (Å²) >= 11 is 5.51. The summed E-state index contributed by atoms with van der Waals surface area (Å²) in [6.07, 6.45) is 8.65. The van der Waals surface area contributed by atoms with Gasteiger partial charge in [0.2, 0.25) is 0 Å². The number of aliphatic hydroxyl groups excluding tert-OH is 1. The van der Waals surface area contributed by atoms with Gasteiger partial charge in [-0.1, -0.05) is 36.9 Å². The van der Waals surface area contributed by atoms with E-state index in [1.807, 2.05) is 6.08 Å². The Hall–Kier alpha value is -0.0100. The largest absolute Gasteiger partial charge is 0.393 e. The molecule has 2 atom stereocenters. The Morgan fingerprint density at radius 2 is 1.92 bits per heavy atom. The molecule has 1 saturated carbocycles. The van der Waals surface area contributed by atoms with E-state index < -0.39 is 0 Å². The van der Waals surface area contributed by atoms with Crippen LogP contribution < -0.4 is 0 Å². The van der Waals surface area contributed by atoms with Gasteiger partial charge in [0.25, 0.3) is 0 Å². The lowest BCUT2D eigenvalue weighted by Crippen LogP contribution is -2.14. The first-order chi connectivity index (χ1) is 5.83. The predicted molar refractivity (Wildman–Crippen MR) is 52.2 cm³/mol. The van der Waals surface area contributed by atoms with Gasteiger partial charge in [0.05, 0.1) is 6.10 Å². The molecule has 0 aliphatic heterocycles. The van der Waals surface area contributed by atoms with Crippen molar-refractivity contribution in [3.8, 4) is 0 Å². The first-order valence-electron chi connectivity index (χ1n) is 4.78. The molecule has 0 spiro atoms. The Morgan fingerprint density at radius 1 is 1.17 bits per heavy atom. The maximum absolute atomic E-state index is 9.53. The zero-order chi connectivity index (χ0) is 8.81.